The molecule has 6 heteroatoms. The number of hydrogen-bond donors (Lipinski definition) is 1. The molecule has 1 N–H and O–H groups in total. The van der Waals surface area contributed by atoms with Gasteiger partial charge in [0.05, 0.1) is 0 Å². The molecule has 0 atom stereocenters. The van der Waals surface area contributed by atoms with E-state index in [4.69, 9.17) is 4.18 Å². The standard InChI is InChI=1S/C29H32N2O3S/c32-35(33,27-12-5-2-6-13-27)34-26-14-15-29-28(21-26)25(22-30-29)11-7-8-18-31-19-16-24(17-20-31)23-9-3-1-4-10-23/h1-6,9-10,12-15,21-22,24,30H,7-8,11,16-20H2. The SMILES string of the molecule is O=S(=O)(Oc1ccc2[nH]cc(CCCCN3CCC(c4ccccc4)CC3)c2c1)c1ccccc1. The molecule has 35 heavy (non-hydrogen) atoms. The van der Waals surface area contributed by atoms with Crippen molar-refractivity contribution in [2.75, 3.05) is 19.6 Å². The number of fused-ring (bicyclic) bond motifs is 1. The minimum atomic E-state index is -3.85. The average Bonchev–Trinajstić information content (AvgIpc) is 3.30. The summed E-state index contributed by atoms with van der Waals surface area (Å²) >= 11 is 0. The van der Waals surface area contributed by atoms with Gasteiger partial charge in [-0.25, -0.2) is 0 Å². The highest BCUT2D eigenvalue weighted by Gasteiger charge is 2.20. The number of nitrogens with zero attached hydrogens (tertiary/aromatic N) is 1. The van der Waals surface area contributed by atoms with Crippen LogP contribution in [-0.2, 0) is 16.5 Å². The number of hydrogen-bond acceptors (Lipinski definition) is 4. The fraction of sp³-hybridized carbons (Fsp3) is 0.310. The highest BCUT2D eigenvalue weighted by molar-refractivity contribution is 7.87. The van der Waals surface area contributed by atoms with Crippen molar-refractivity contribution in [3.63, 3.8) is 0 Å². The third-order valence-electron chi connectivity index (χ3n) is 7.01. The first-order chi connectivity index (χ1) is 17.1. The van der Waals surface area contributed by atoms with E-state index < -0.39 is 10.1 Å². The van der Waals surface area contributed by atoms with E-state index in [-0.39, 0.29) is 4.90 Å². The molecule has 5 rings (SSSR count). The number of aryl methyl sites for hydroxylation is 1. The van der Waals surface area contributed by atoms with Crippen LogP contribution >= 0.6 is 0 Å². The highest BCUT2D eigenvalue weighted by Crippen LogP contribution is 2.29. The van der Waals surface area contributed by atoms with Crippen LogP contribution in [0.25, 0.3) is 10.9 Å². The fourth-order valence-electron chi connectivity index (χ4n) is 5.04. The summed E-state index contributed by atoms with van der Waals surface area (Å²) in [5, 5.41) is 1.02. The molecule has 0 saturated carbocycles. The van der Waals surface area contributed by atoms with E-state index in [0.29, 0.717) is 11.7 Å². The summed E-state index contributed by atoms with van der Waals surface area (Å²) in [6.45, 7) is 3.47. The fourth-order valence-corrected chi connectivity index (χ4v) is 5.99. The van der Waals surface area contributed by atoms with Gasteiger partial charge in [0.1, 0.15) is 10.6 Å². The maximum atomic E-state index is 12.6. The molecule has 1 saturated heterocycles. The molecule has 0 amide bonds. The zero-order chi connectivity index (χ0) is 24.1. The topological polar surface area (TPSA) is 62.4 Å². The predicted molar refractivity (Wildman–Crippen MR) is 140 cm³/mol. The number of unbranched alkanes of at least 4 members (excludes halogenated alkanes) is 1. The first-order valence-electron chi connectivity index (χ1n) is 12.5. The van der Waals surface area contributed by atoms with Gasteiger partial charge in [-0.2, -0.15) is 8.42 Å². The van der Waals surface area contributed by atoms with Crippen LogP contribution < -0.4 is 4.18 Å². The lowest BCUT2D eigenvalue weighted by Gasteiger charge is -2.32. The maximum Gasteiger partial charge on any atom is 0.339 e. The largest absolute Gasteiger partial charge is 0.379 e. The Morgan fingerprint density at radius 3 is 2.34 bits per heavy atom. The Kier molecular flexibility index (Phi) is 7.21. The Balaban J connectivity index is 1.13. The van der Waals surface area contributed by atoms with Crippen molar-refractivity contribution in [2.24, 2.45) is 0 Å². The van der Waals surface area contributed by atoms with Crippen molar-refractivity contribution in [3.8, 4) is 5.75 Å². The molecular formula is C29H32N2O3S. The van der Waals surface area contributed by atoms with Gasteiger partial charge >= 0.3 is 10.1 Å². The van der Waals surface area contributed by atoms with Crippen LogP contribution in [0.15, 0.2) is 90.0 Å². The number of aromatic nitrogens is 1. The van der Waals surface area contributed by atoms with Crippen molar-refractivity contribution < 1.29 is 12.6 Å². The van der Waals surface area contributed by atoms with Gasteiger partial charge in [0.15, 0.2) is 0 Å². The Hall–Kier alpha value is -3.09. The summed E-state index contributed by atoms with van der Waals surface area (Å²) in [7, 11) is -3.85. The first-order valence-corrected chi connectivity index (χ1v) is 13.9. The van der Waals surface area contributed by atoms with Gasteiger partial charge in [-0.15, -0.1) is 0 Å². The van der Waals surface area contributed by atoms with Crippen LogP contribution in [-0.4, -0.2) is 37.9 Å². The molecule has 1 aromatic heterocycles. The lowest BCUT2D eigenvalue weighted by atomic mass is 9.89. The second-order valence-corrected chi connectivity index (χ2v) is 10.9. The number of piperidine rings is 1. The maximum absolute atomic E-state index is 12.6. The number of aromatic amines is 1. The molecule has 4 aromatic rings. The van der Waals surface area contributed by atoms with Gasteiger partial charge in [-0.1, -0.05) is 48.5 Å². The van der Waals surface area contributed by atoms with Crippen molar-refractivity contribution in [2.45, 2.75) is 42.9 Å². The van der Waals surface area contributed by atoms with Gasteiger partial charge in [-0.3, -0.25) is 0 Å². The van der Waals surface area contributed by atoms with Crippen LogP contribution in [0.5, 0.6) is 5.75 Å². The molecule has 182 valence electrons. The van der Waals surface area contributed by atoms with Gasteiger partial charge < -0.3 is 14.1 Å². The van der Waals surface area contributed by atoms with E-state index >= 15 is 0 Å². The highest BCUT2D eigenvalue weighted by atomic mass is 32.2. The van der Waals surface area contributed by atoms with E-state index in [9.17, 15) is 8.42 Å². The monoisotopic (exact) mass is 488 g/mol. The van der Waals surface area contributed by atoms with E-state index in [1.807, 2.05) is 18.3 Å². The van der Waals surface area contributed by atoms with Crippen LogP contribution in [0, 0.1) is 0 Å². The molecule has 1 aliphatic rings. The number of rotatable bonds is 9. The lowest BCUT2D eigenvalue weighted by molar-refractivity contribution is 0.209. The summed E-state index contributed by atoms with van der Waals surface area (Å²) in [6.07, 6.45) is 7.71. The van der Waals surface area contributed by atoms with Gasteiger partial charge in [0.2, 0.25) is 0 Å². The molecule has 0 spiro atoms. The summed E-state index contributed by atoms with van der Waals surface area (Å²) in [6, 6.07) is 24.5. The first kappa shape index (κ1) is 23.6. The summed E-state index contributed by atoms with van der Waals surface area (Å²) < 4.78 is 30.6. The zero-order valence-corrected chi connectivity index (χ0v) is 20.7. The van der Waals surface area contributed by atoms with Gasteiger partial charge in [-0.05, 0) is 99.1 Å². The number of nitrogens with one attached hydrogen (secondary N) is 1. The third kappa shape index (κ3) is 5.77. The molecule has 1 aliphatic heterocycles. The van der Waals surface area contributed by atoms with Crippen molar-refractivity contribution in [3.05, 3.63) is 96.2 Å². The van der Waals surface area contributed by atoms with Crippen LogP contribution in [0.3, 0.4) is 0 Å². The molecule has 5 nitrogen and oxygen atoms in total. The molecule has 0 bridgehead atoms. The number of likely N-dealkylation sites (tertiary alicyclic amines) is 1. The number of H-pyrrole nitrogens is 1. The van der Waals surface area contributed by atoms with Gasteiger partial charge in [0.25, 0.3) is 0 Å². The van der Waals surface area contributed by atoms with Crippen molar-refractivity contribution >= 4 is 21.0 Å². The second kappa shape index (κ2) is 10.7. The molecule has 0 unspecified atom stereocenters. The molecule has 0 radical (unpaired) electrons. The third-order valence-corrected chi connectivity index (χ3v) is 8.27. The lowest BCUT2D eigenvalue weighted by Crippen LogP contribution is -2.33. The summed E-state index contributed by atoms with van der Waals surface area (Å²) in [4.78, 5) is 6.05. The van der Waals surface area contributed by atoms with Crippen molar-refractivity contribution in [1.82, 2.24) is 9.88 Å². The van der Waals surface area contributed by atoms with Crippen molar-refractivity contribution in [1.29, 1.82) is 0 Å². The van der Waals surface area contributed by atoms with Gasteiger partial charge in [0, 0.05) is 17.1 Å². The predicted octanol–water partition coefficient (Wildman–Crippen LogP) is 6.14. The van der Waals surface area contributed by atoms with E-state index in [0.717, 1.165) is 36.7 Å². The molecule has 0 aliphatic carbocycles. The summed E-state index contributed by atoms with van der Waals surface area (Å²) in [5.74, 6) is 1.03. The molecule has 3 aromatic carbocycles. The quantitative estimate of drug-likeness (QED) is 0.227. The van der Waals surface area contributed by atoms with E-state index in [2.05, 4.69) is 40.2 Å². The van der Waals surface area contributed by atoms with Crippen LogP contribution in [0.4, 0.5) is 0 Å². The zero-order valence-electron chi connectivity index (χ0n) is 19.9. The van der Waals surface area contributed by atoms with Crippen LogP contribution in [0.2, 0.25) is 0 Å². The Morgan fingerprint density at radius 2 is 1.60 bits per heavy atom. The normalized spacial score (nSPS) is 15.4. The van der Waals surface area contributed by atoms with E-state index in [1.165, 1.54) is 37.1 Å². The number of benzene rings is 3. The second-order valence-electron chi connectivity index (χ2n) is 9.36. The minimum absolute atomic E-state index is 0.155. The minimum Gasteiger partial charge on any atom is -0.379 e. The summed E-state index contributed by atoms with van der Waals surface area (Å²) in [5.41, 5.74) is 3.67. The smallest absolute Gasteiger partial charge is 0.339 e. The Labute approximate surface area is 207 Å². The Bertz CT molecular complexity index is 1340. The molecular weight excluding hydrogens is 456 g/mol. The van der Waals surface area contributed by atoms with E-state index in [1.54, 1.807) is 36.4 Å². The molecule has 2 heterocycles. The Morgan fingerprint density at radius 1 is 0.886 bits per heavy atom. The average molecular weight is 489 g/mol. The molecule has 1 fully saturated rings. The van der Waals surface area contributed by atoms with Crippen LogP contribution in [0.1, 0.15) is 42.7 Å².